The molecule has 0 bridgehead atoms. The fourth-order valence-corrected chi connectivity index (χ4v) is 3.39. The molecule has 7 nitrogen and oxygen atoms in total. The molecule has 1 aliphatic heterocycles. The van der Waals surface area contributed by atoms with Crippen LogP contribution in [0.1, 0.15) is 24.9 Å². The molecule has 1 unspecified atom stereocenters. The van der Waals surface area contributed by atoms with Crippen LogP contribution in [-0.2, 0) is 9.53 Å². The number of fused-ring (bicyclic) bond motifs is 1. The van der Waals surface area contributed by atoms with Gasteiger partial charge < -0.3 is 15.0 Å². The summed E-state index contributed by atoms with van der Waals surface area (Å²) in [6.45, 7) is 7.69. The number of carbonyl (C=O) groups excluding carboxylic acids is 2. The van der Waals surface area contributed by atoms with Crippen LogP contribution >= 0.6 is 0 Å². The number of aromatic nitrogens is 1. The number of hydrogen-bond donors (Lipinski definition) is 1. The maximum Gasteiger partial charge on any atom is 0.322 e. The van der Waals surface area contributed by atoms with E-state index in [-0.39, 0.29) is 18.4 Å². The molecule has 29 heavy (non-hydrogen) atoms. The smallest absolute Gasteiger partial charge is 0.322 e. The summed E-state index contributed by atoms with van der Waals surface area (Å²) in [5, 5.41) is 3.00. The van der Waals surface area contributed by atoms with Gasteiger partial charge in [-0.05, 0) is 24.6 Å². The average Bonchev–Trinajstić information content (AvgIpc) is 2.74. The van der Waals surface area contributed by atoms with Gasteiger partial charge in [0.05, 0.1) is 24.8 Å². The number of nitrogens with one attached hydrogen (secondary N) is 1. The lowest BCUT2D eigenvalue weighted by Gasteiger charge is -2.36. The van der Waals surface area contributed by atoms with Gasteiger partial charge in [-0.15, -0.1) is 6.58 Å². The fraction of sp³-hybridized carbons (Fsp3) is 0.318. The van der Waals surface area contributed by atoms with Crippen molar-refractivity contribution in [1.82, 2.24) is 10.3 Å². The molecule has 1 aromatic carbocycles. The van der Waals surface area contributed by atoms with Gasteiger partial charge in [0.2, 0.25) is 0 Å². The number of hydrogen-bond acceptors (Lipinski definition) is 5. The zero-order chi connectivity index (χ0) is 20.6. The second kappa shape index (κ2) is 9.73. The highest BCUT2D eigenvalue weighted by atomic mass is 16.5. The molecule has 0 radical (unpaired) electrons. The molecule has 0 fully saturated rings. The summed E-state index contributed by atoms with van der Waals surface area (Å²) >= 11 is 0. The highest BCUT2D eigenvalue weighted by molar-refractivity contribution is 5.96. The molecule has 152 valence electrons. The van der Waals surface area contributed by atoms with E-state index in [1.807, 2.05) is 48.5 Å². The standard InChI is InChI=1S/C22H26N4O3/c1-3-13-25-14-15-26(19-11-8-12-23-21(19)25)22(28)24-18(16-20(27)29-4-2)17-9-6-5-7-10-17/h3,5-12,18H,1,4,13-16H2,2H3,(H,24,28). The Labute approximate surface area is 171 Å². The number of esters is 1. The van der Waals surface area contributed by atoms with E-state index in [9.17, 15) is 9.59 Å². The number of amides is 2. The maximum absolute atomic E-state index is 13.1. The fourth-order valence-electron chi connectivity index (χ4n) is 3.39. The van der Waals surface area contributed by atoms with Gasteiger partial charge in [0.15, 0.2) is 5.82 Å². The molecule has 0 saturated heterocycles. The summed E-state index contributed by atoms with van der Waals surface area (Å²) in [6, 6.07) is 12.4. The van der Waals surface area contributed by atoms with Crippen LogP contribution in [-0.4, -0.2) is 43.2 Å². The van der Waals surface area contributed by atoms with E-state index in [0.717, 1.165) is 17.1 Å². The maximum atomic E-state index is 13.1. The molecule has 3 rings (SSSR count). The van der Waals surface area contributed by atoms with Crippen molar-refractivity contribution in [1.29, 1.82) is 0 Å². The van der Waals surface area contributed by atoms with Gasteiger partial charge in [0.1, 0.15) is 0 Å². The third kappa shape index (κ3) is 4.93. The first-order chi connectivity index (χ1) is 14.1. The zero-order valence-corrected chi connectivity index (χ0v) is 16.6. The molecule has 2 heterocycles. The molecule has 2 amide bonds. The van der Waals surface area contributed by atoms with Crippen molar-refractivity contribution >= 4 is 23.5 Å². The molecular weight excluding hydrogens is 368 g/mol. The van der Waals surface area contributed by atoms with Crippen LogP contribution in [0, 0.1) is 0 Å². The van der Waals surface area contributed by atoms with Crippen molar-refractivity contribution < 1.29 is 14.3 Å². The summed E-state index contributed by atoms with van der Waals surface area (Å²) in [5.41, 5.74) is 1.59. The van der Waals surface area contributed by atoms with Gasteiger partial charge in [-0.2, -0.15) is 0 Å². The molecule has 1 atom stereocenters. The molecule has 1 aliphatic rings. The molecule has 7 heteroatoms. The Bertz CT molecular complexity index is 856. The van der Waals surface area contributed by atoms with Gasteiger partial charge >= 0.3 is 12.0 Å². The topological polar surface area (TPSA) is 74.8 Å². The molecular formula is C22H26N4O3. The second-order valence-electron chi connectivity index (χ2n) is 6.65. The van der Waals surface area contributed by atoms with Gasteiger partial charge in [-0.25, -0.2) is 9.78 Å². The van der Waals surface area contributed by atoms with Crippen LogP contribution in [0.15, 0.2) is 61.3 Å². The van der Waals surface area contributed by atoms with E-state index in [4.69, 9.17) is 4.74 Å². The number of rotatable bonds is 7. The first-order valence-corrected chi connectivity index (χ1v) is 9.73. The van der Waals surface area contributed by atoms with E-state index in [0.29, 0.717) is 26.2 Å². The van der Waals surface area contributed by atoms with Gasteiger partial charge in [-0.1, -0.05) is 36.4 Å². The first-order valence-electron chi connectivity index (χ1n) is 9.73. The van der Waals surface area contributed by atoms with E-state index in [1.165, 1.54) is 0 Å². The van der Waals surface area contributed by atoms with E-state index in [2.05, 4.69) is 21.8 Å². The van der Waals surface area contributed by atoms with Crippen LogP contribution in [0.25, 0.3) is 0 Å². The summed E-state index contributed by atoms with van der Waals surface area (Å²) in [4.78, 5) is 33.4. The highest BCUT2D eigenvalue weighted by Crippen LogP contribution is 2.31. The minimum Gasteiger partial charge on any atom is -0.466 e. The number of ether oxygens (including phenoxy) is 1. The third-order valence-electron chi connectivity index (χ3n) is 4.72. The summed E-state index contributed by atoms with van der Waals surface area (Å²) in [7, 11) is 0. The Morgan fingerprint density at radius 3 is 2.76 bits per heavy atom. The number of benzene rings is 1. The van der Waals surface area contributed by atoms with Crippen molar-refractivity contribution in [3.8, 4) is 0 Å². The third-order valence-corrected chi connectivity index (χ3v) is 4.72. The Hall–Kier alpha value is -3.35. The van der Waals surface area contributed by atoms with Crippen molar-refractivity contribution in [3.05, 3.63) is 66.9 Å². The number of pyridine rings is 1. The van der Waals surface area contributed by atoms with Gasteiger partial charge in [0, 0.05) is 25.8 Å². The number of carbonyl (C=O) groups is 2. The molecule has 0 aliphatic carbocycles. The Morgan fingerprint density at radius 1 is 1.24 bits per heavy atom. The van der Waals surface area contributed by atoms with E-state index in [1.54, 1.807) is 18.0 Å². The lowest BCUT2D eigenvalue weighted by atomic mass is 10.0. The number of urea groups is 1. The van der Waals surface area contributed by atoms with Crippen LogP contribution in [0.2, 0.25) is 0 Å². The number of anilines is 2. The van der Waals surface area contributed by atoms with Crippen LogP contribution in [0.4, 0.5) is 16.3 Å². The number of nitrogens with zero attached hydrogens (tertiary/aromatic N) is 3. The van der Waals surface area contributed by atoms with Crippen molar-refractivity contribution in [3.63, 3.8) is 0 Å². The molecule has 1 aromatic heterocycles. The quantitative estimate of drug-likeness (QED) is 0.576. The summed E-state index contributed by atoms with van der Waals surface area (Å²) in [5.74, 6) is 0.398. The SMILES string of the molecule is C=CCN1CCN(C(=O)NC(CC(=O)OCC)c2ccccc2)c2cccnc21. The first kappa shape index (κ1) is 20.4. The molecule has 0 spiro atoms. The van der Waals surface area contributed by atoms with Crippen molar-refractivity contribution in [2.75, 3.05) is 36.0 Å². The Kier molecular flexibility index (Phi) is 6.84. The minimum atomic E-state index is -0.478. The predicted molar refractivity (Wildman–Crippen MR) is 113 cm³/mol. The molecule has 1 N–H and O–H groups in total. The summed E-state index contributed by atoms with van der Waals surface area (Å²) < 4.78 is 5.09. The zero-order valence-electron chi connectivity index (χ0n) is 16.6. The molecule has 2 aromatic rings. The normalized spacial score (nSPS) is 14.0. The van der Waals surface area contributed by atoms with Crippen molar-refractivity contribution in [2.45, 2.75) is 19.4 Å². The Morgan fingerprint density at radius 2 is 2.03 bits per heavy atom. The largest absolute Gasteiger partial charge is 0.466 e. The van der Waals surface area contributed by atoms with Crippen molar-refractivity contribution in [2.24, 2.45) is 0 Å². The van der Waals surface area contributed by atoms with Crippen LogP contribution in [0.5, 0.6) is 0 Å². The molecule has 0 saturated carbocycles. The van der Waals surface area contributed by atoms with Crippen LogP contribution in [0.3, 0.4) is 0 Å². The summed E-state index contributed by atoms with van der Waals surface area (Å²) in [6.07, 6.45) is 3.60. The second-order valence-corrected chi connectivity index (χ2v) is 6.65. The van der Waals surface area contributed by atoms with E-state index >= 15 is 0 Å². The lowest BCUT2D eigenvalue weighted by Crippen LogP contribution is -2.49. The van der Waals surface area contributed by atoms with Gasteiger partial charge in [-0.3, -0.25) is 9.69 Å². The monoisotopic (exact) mass is 394 g/mol. The van der Waals surface area contributed by atoms with Gasteiger partial charge in [0.25, 0.3) is 0 Å². The predicted octanol–water partition coefficient (Wildman–Crippen LogP) is 3.30. The minimum absolute atomic E-state index is 0.0694. The highest BCUT2D eigenvalue weighted by Gasteiger charge is 2.29. The Balaban J connectivity index is 1.81. The van der Waals surface area contributed by atoms with E-state index < -0.39 is 6.04 Å². The lowest BCUT2D eigenvalue weighted by molar-refractivity contribution is -0.143. The average molecular weight is 394 g/mol. The van der Waals surface area contributed by atoms with Crippen LogP contribution < -0.4 is 15.1 Å².